The molecule has 1 aromatic heterocycles. The normalized spacial score (nSPS) is 12.3. The van der Waals surface area contributed by atoms with Gasteiger partial charge in [0, 0.05) is 29.2 Å². The highest BCUT2D eigenvalue weighted by Gasteiger charge is 2.18. The van der Waals surface area contributed by atoms with Gasteiger partial charge in [-0.05, 0) is 43.2 Å². The lowest BCUT2D eigenvalue weighted by Gasteiger charge is -2.10. The zero-order chi connectivity index (χ0) is 18.0. The molecule has 3 aromatic rings. The van der Waals surface area contributed by atoms with Crippen LogP contribution in [0, 0.1) is 6.92 Å². The molecule has 1 unspecified atom stereocenters. The second-order valence-electron chi connectivity index (χ2n) is 6.22. The van der Waals surface area contributed by atoms with Crippen LogP contribution in [0.25, 0.3) is 10.9 Å². The summed E-state index contributed by atoms with van der Waals surface area (Å²) >= 11 is 0. The van der Waals surface area contributed by atoms with E-state index in [4.69, 9.17) is 15.6 Å². The van der Waals surface area contributed by atoms with Crippen molar-refractivity contribution >= 4 is 16.9 Å². The molecule has 0 radical (unpaired) electrons. The minimum absolute atomic E-state index is 0.130. The Morgan fingerprint density at radius 1 is 1.24 bits per heavy atom. The van der Waals surface area contributed by atoms with Crippen LogP contribution in [0.3, 0.4) is 0 Å². The third kappa shape index (κ3) is 3.51. The van der Waals surface area contributed by atoms with Gasteiger partial charge in [0.2, 0.25) is 0 Å². The molecule has 5 heteroatoms. The average molecular weight is 338 g/mol. The molecule has 3 rings (SSSR count). The highest BCUT2D eigenvalue weighted by molar-refractivity contribution is 5.87. The number of ether oxygens (including phenoxy) is 1. The van der Waals surface area contributed by atoms with E-state index in [1.165, 1.54) is 5.56 Å². The summed E-state index contributed by atoms with van der Waals surface area (Å²) in [5.74, 6) is -0.459. The Kier molecular flexibility index (Phi) is 4.76. The van der Waals surface area contributed by atoms with E-state index in [0.717, 1.165) is 28.7 Å². The second-order valence-corrected chi connectivity index (χ2v) is 6.22. The highest BCUT2D eigenvalue weighted by atomic mass is 16.5. The van der Waals surface area contributed by atoms with Gasteiger partial charge in [0.15, 0.2) is 6.61 Å². The van der Waals surface area contributed by atoms with E-state index in [0.29, 0.717) is 5.75 Å². The maximum atomic E-state index is 10.7. The number of nitrogens with two attached hydrogens (primary N) is 1. The Balaban J connectivity index is 2.08. The van der Waals surface area contributed by atoms with Gasteiger partial charge in [-0.1, -0.05) is 30.3 Å². The van der Waals surface area contributed by atoms with Crippen LogP contribution in [-0.4, -0.2) is 22.2 Å². The van der Waals surface area contributed by atoms with E-state index >= 15 is 0 Å². The molecule has 0 aliphatic heterocycles. The van der Waals surface area contributed by atoms with Crippen LogP contribution in [0.15, 0.2) is 48.5 Å². The van der Waals surface area contributed by atoms with Crippen molar-refractivity contribution < 1.29 is 14.6 Å². The van der Waals surface area contributed by atoms with Crippen molar-refractivity contribution in [2.75, 3.05) is 6.61 Å². The summed E-state index contributed by atoms with van der Waals surface area (Å²) in [5, 5.41) is 9.80. The number of nitrogens with zero attached hydrogens (tertiary/aromatic N) is 1. The molecule has 3 N–H and O–H groups in total. The molecule has 0 bridgehead atoms. The largest absolute Gasteiger partial charge is 0.482 e. The van der Waals surface area contributed by atoms with E-state index in [-0.39, 0.29) is 12.6 Å². The second kappa shape index (κ2) is 6.99. The summed E-state index contributed by atoms with van der Waals surface area (Å²) in [6, 6.07) is 15.8. The number of carbonyl (C=O) groups is 1. The number of rotatable bonds is 6. The van der Waals surface area contributed by atoms with E-state index in [1.54, 1.807) is 6.07 Å². The summed E-state index contributed by atoms with van der Waals surface area (Å²) in [6.07, 6.45) is 0. The van der Waals surface area contributed by atoms with Crippen molar-refractivity contribution in [1.82, 2.24) is 4.57 Å². The molecular formula is C20H22N2O3. The zero-order valence-corrected chi connectivity index (χ0v) is 14.4. The first-order valence-corrected chi connectivity index (χ1v) is 8.24. The lowest BCUT2D eigenvalue weighted by molar-refractivity contribution is -0.139. The molecule has 2 aromatic carbocycles. The lowest BCUT2D eigenvalue weighted by Crippen LogP contribution is -2.09. The van der Waals surface area contributed by atoms with Crippen LogP contribution in [0.1, 0.15) is 29.8 Å². The zero-order valence-electron chi connectivity index (χ0n) is 14.4. The Hall–Kier alpha value is -2.79. The molecule has 1 heterocycles. The van der Waals surface area contributed by atoms with Gasteiger partial charge in [0.1, 0.15) is 5.75 Å². The first kappa shape index (κ1) is 17.0. The summed E-state index contributed by atoms with van der Waals surface area (Å²) < 4.78 is 7.57. The summed E-state index contributed by atoms with van der Waals surface area (Å²) in [5.41, 5.74) is 10.7. The standard InChI is InChI=1S/C20H22N2O3/c1-13(21)20-14(2)22(11-15-6-4-3-5-7-15)18-9-8-16(10-17(18)20)25-12-19(23)24/h3-10,13H,11-12,21H2,1-2H3,(H,23,24). The highest BCUT2D eigenvalue weighted by Crippen LogP contribution is 2.33. The van der Waals surface area contributed by atoms with Crippen LogP contribution in [0.5, 0.6) is 5.75 Å². The van der Waals surface area contributed by atoms with Gasteiger partial charge in [-0.15, -0.1) is 0 Å². The number of aliphatic carboxylic acids is 1. The van der Waals surface area contributed by atoms with Crippen molar-refractivity contribution in [3.8, 4) is 5.75 Å². The van der Waals surface area contributed by atoms with Crippen LogP contribution in [-0.2, 0) is 11.3 Å². The van der Waals surface area contributed by atoms with Crippen molar-refractivity contribution in [3.63, 3.8) is 0 Å². The monoisotopic (exact) mass is 338 g/mol. The fourth-order valence-electron chi connectivity index (χ4n) is 3.27. The third-order valence-corrected chi connectivity index (χ3v) is 4.34. The smallest absolute Gasteiger partial charge is 0.341 e. The molecule has 5 nitrogen and oxygen atoms in total. The van der Waals surface area contributed by atoms with Crippen LogP contribution >= 0.6 is 0 Å². The van der Waals surface area contributed by atoms with Crippen LogP contribution < -0.4 is 10.5 Å². The molecule has 0 aliphatic carbocycles. The van der Waals surface area contributed by atoms with Crippen molar-refractivity contribution in [2.45, 2.75) is 26.4 Å². The first-order valence-electron chi connectivity index (χ1n) is 8.24. The third-order valence-electron chi connectivity index (χ3n) is 4.34. The van der Waals surface area contributed by atoms with Gasteiger partial charge in [0.25, 0.3) is 0 Å². The SMILES string of the molecule is Cc1c(C(C)N)c2cc(OCC(=O)O)ccc2n1Cc1ccccc1. The number of fused-ring (bicyclic) bond motifs is 1. The quantitative estimate of drug-likeness (QED) is 0.721. The summed E-state index contributed by atoms with van der Waals surface area (Å²) in [6.45, 7) is 4.42. The molecule has 130 valence electrons. The van der Waals surface area contributed by atoms with E-state index in [9.17, 15) is 4.79 Å². The molecule has 1 atom stereocenters. The molecule has 25 heavy (non-hydrogen) atoms. The lowest BCUT2D eigenvalue weighted by atomic mass is 10.1. The Morgan fingerprint density at radius 2 is 1.96 bits per heavy atom. The van der Waals surface area contributed by atoms with E-state index in [1.807, 2.05) is 37.3 Å². The number of carboxylic acids is 1. The van der Waals surface area contributed by atoms with Gasteiger partial charge >= 0.3 is 5.97 Å². The molecule has 0 saturated heterocycles. The number of aromatic nitrogens is 1. The molecule has 0 amide bonds. The van der Waals surface area contributed by atoms with Gasteiger partial charge in [0.05, 0.1) is 0 Å². The fourth-order valence-corrected chi connectivity index (χ4v) is 3.27. The van der Waals surface area contributed by atoms with E-state index in [2.05, 4.69) is 23.6 Å². The Labute approximate surface area is 146 Å². The number of hydrogen-bond donors (Lipinski definition) is 2. The average Bonchev–Trinajstić information content (AvgIpc) is 2.85. The summed E-state index contributed by atoms with van der Waals surface area (Å²) in [4.78, 5) is 10.7. The predicted molar refractivity (Wildman–Crippen MR) is 98.0 cm³/mol. The maximum absolute atomic E-state index is 10.7. The maximum Gasteiger partial charge on any atom is 0.341 e. The molecule has 0 fully saturated rings. The minimum Gasteiger partial charge on any atom is -0.482 e. The number of hydrogen-bond acceptors (Lipinski definition) is 3. The topological polar surface area (TPSA) is 77.5 Å². The van der Waals surface area contributed by atoms with E-state index < -0.39 is 5.97 Å². The summed E-state index contributed by atoms with van der Waals surface area (Å²) in [7, 11) is 0. The van der Waals surface area contributed by atoms with Gasteiger partial charge in [-0.2, -0.15) is 0 Å². The van der Waals surface area contributed by atoms with Crippen molar-refractivity contribution in [2.24, 2.45) is 5.73 Å². The van der Waals surface area contributed by atoms with Crippen LogP contribution in [0.4, 0.5) is 0 Å². The molecule has 0 spiro atoms. The van der Waals surface area contributed by atoms with Crippen molar-refractivity contribution in [1.29, 1.82) is 0 Å². The molecule has 0 saturated carbocycles. The fraction of sp³-hybridized carbons (Fsp3) is 0.250. The number of carboxylic acid groups (broad SMARTS) is 1. The van der Waals surface area contributed by atoms with Crippen molar-refractivity contribution in [3.05, 3.63) is 65.4 Å². The first-order chi connectivity index (χ1) is 12.0. The Morgan fingerprint density at radius 3 is 2.60 bits per heavy atom. The molecule has 0 aliphatic rings. The van der Waals surface area contributed by atoms with Gasteiger partial charge < -0.3 is 20.1 Å². The molecular weight excluding hydrogens is 316 g/mol. The number of benzene rings is 2. The Bertz CT molecular complexity index is 898. The minimum atomic E-state index is -0.995. The van der Waals surface area contributed by atoms with Crippen LogP contribution in [0.2, 0.25) is 0 Å². The van der Waals surface area contributed by atoms with Gasteiger partial charge in [-0.3, -0.25) is 0 Å². The van der Waals surface area contributed by atoms with Gasteiger partial charge in [-0.25, -0.2) is 4.79 Å². The predicted octanol–water partition coefficient (Wildman–Crippen LogP) is 3.48.